The molecule has 0 saturated carbocycles. The molecule has 0 amide bonds. The molecule has 9 heavy (non-hydrogen) atoms. The van der Waals surface area contributed by atoms with Crippen LogP contribution in [0.2, 0.25) is 0 Å². The summed E-state index contributed by atoms with van der Waals surface area (Å²) in [5, 5.41) is 7.08. The molecule has 0 saturated heterocycles. The van der Waals surface area contributed by atoms with Gasteiger partial charge in [-0.1, -0.05) is 11.6 Å². The van der Waals surface area contributed by atoms with E-state index >= 15 is 0 Å². The van der Waals surface area contributed by atoms with Crippen molar-refractivity contribution in [3.63, 3.8) is 0 Å². The molecule has 0 aromatic rings. The third kappa shape index (κ3) is 5.03. The van der Waals surface area contributed by atoms with Crippen molar-refractivity contribution in [3.05, 3.63) is 12.2 Å². The third-order valence-electron chi connectivity index (χ3n) is 0.614. The van der Waals surface area contributed by atoms with Crippen molar-refractivity contribution in [2.45, 2.75) is 0 Å². The van der Waals surface area contributed by atoms with Crippen molar-refractivity contribution in [1.29, 1.82) is 5.41 Å². The number of allylic oxidation sites excluding steroid dienone is 1. The van der Waals surface area contributed by atoms with Crippen molar-refractivity contribution >= 4 is 22.6 Å². The highest BCUT2D eigenvalue weighted by Gasteiger charge is 1.81. The molecule has 0 unspecified atom stereocenters. The molecule has 3 nitrogen and oxygen atoms in total. The standard InChI is InChI=1S/C5H8ClN3/c1-9-4(6)2-3-5(7)8/h2-3H,1H3,(H3,7,8)/b3-2-,9-4?. The van der Waals surface area contributed by atoms with Gasteiger partial charge >= 0.3 is 0 Å². The molecule has 0 heterocycles. The van der Waals surface area contributed by atoms with Gasteiger partial charge in [0.2, 0.25) is 0 Å². The maximum Gasteiger partial charge on any atom is 0.123 e. The Balaban J connectivity index is 3.86. The Morgan fingerprint density at radius 2 is 2.22 bits per heavy atom. The maximum atomic E-state index is 6.74. The zero-order valence-electron chi connectivity index (χ0n) is 5.06. The Morgan fingerprint density at radius 1 is 1.67 bits per heavy atom. The lowest BCUT2D eigenvalue weighted by molar-refractivity contribution is 1.45. The van der Waals surface area contributed by atoms with Crippen LogP contribution in [0.25, 0.3) is 0 Å². The number of hydrogen-bond acceptors (Lipinski definition) is 2. The normalized spacial score (nSPS) is 12.4. The van der Waals surface area contributed by atoms with Gasteiger partial charge in [-0.3, -0.25) is 10.4 Å². The number of aliphatic imine (C=N–C) groups is 1. The van der Waals surface area contributed by atoms with Gasteiger partial charge in [0, 0.05) is 7.05 Å². The molecule has 0 aliphatic rings. The van der Waals surface area contributed by atoms with Crippen LogP contribution in [0.4, 0.5) is 0 Å². The minimum atomic E-state index is -0.0307. The number of nitrogens with one attached hydrogen (secondary N) is 1. The fraction of sp³-hybridized carbons (Fsp3) is 0.200. The van der Waals surface area contributed by atoms with E-state index in [4.69, 9.17) is 22.7 Å². The van der Waals surface area contributed by atoms with Gasteiger partial charge in [-0.05, 0) is 12.2 Å². The molecule has 0 aliphatic heterocycles. The highest BCUT2D eigenvalue weighted by atomic mass is 35.5. The summed E-state index contributed by atoms with van der Waals surface area (Å²) < 4.78 is 0. The first-order valence-electron chi connectivity index (χ1n) is 2.31. The molecule has 3 N–H and O–H groups in total. The molecule has 0 spiro atoms. The van der Waals surface area contributed by atoms with Crippen molar-refractivity contribution in [1.82, 2.24) is 0 Å². The Morgan fingerprint density at radius 3 is 2.56 bits per heavy atom. The summed E-state index contributed by atoms with van der Waals surface area (Å²) in [4.78, 5) is 3.60. The summed E-state index contributed by atoms with van der Waals surface area (Å²) in [7, 11) is 1.56. The van der Waals surface area contributed by atoms with Gasteiger partial charge in [0.15, 0.2) is 0 Å². The van der Waals surface area contributed by atoms with Gasteiger partial charge < -0.3 is 5.73 Å². The van der Waals surface area contributed by atoms with Crippen LogP contribution in [-0.4, -0.2) is 18.1 Å². The SMILES string of the molecule is CN=C(Cl)/C=C\C(=N)N. The lowest BCUT2D eigenvalue weighted by Gasteiger charge is -1.83. The Bertz CT molecular complexity index is 160. The number of nitrogens with zero attached hydrogens (tertiary/aromatic N) is 1. The largest absolute Gasteiger partial charge is 0.384 e. The van der Waals surface area contributed by atoms with E-state index in [9.17, 15) is 0 Å². The van der Waals surface area contributed by atoms with Crippen LogP contribution < -0.4 is 5.73 Å². The molecule has 0 atom stereocenters. The highest BCUT2D eigenvalue weighted by Crippen LogP contribution is 1.85. The van der Waals surface area contributed by atoms with E-state index in [-0.39, 0.29) is 5.84 Å². The van der Waals surface area contributed by atoms with Gasteiger partial charge in [0.25, 0.3) is 0 Å². The van der Waals surface area contributed by atoms with Crippen LogP contribution in [-0.2, 0) is 0 Å². The molecule has 0 aromatic heterocycles. The van der Waals surface area contributed by atoms with Crippen molar-refractivity contribution in [3.8, 4) is 0 Å². The Labute approximate surface area is 58.7 Å². The minimum absolute atomic E-state index is 0.0307. The average molecular weight is 146 g/mol. The zero-order valence-corrected chi connectivity index (χ0v) is 5.81. The second-order valence-corrected chi connectivity index (χ2v) is 1.72. The summed E-state index contributed by atoms with van der Waals surface area (Å²) in [6.45, 7) is 0. The number of rotatable bonds is 2. The highest BCUT2D eigenvalue weighted by molar-refractivity contribution is 6.68. The second kappa shape index (κ2) is 4.09. The predicted octanol–water partition coefficient (Wildman–Crippen LogP) is 0.746. The summed E-state index contributed by atoms with van der Waals surface area (Å²) in [5.74, 6) is -0.0307. The van der Waals surface area contributed by atoms with E-state index in [2.05, 4.69) is 4.99 Å². The van der Waals surface area contributed by atoms with Gasteiger partial charge in [0.1, 0.15) is 11.0 Å². The van der Waals surface area contributed by atoms with E-state index in [1.54, 1.807) is 7.05 Å². The lowest BCUT2D eigenvalue weighted by Crippen LogP contribution is -2.04. The van der Waals surface area contributed by atoms with Crippen LogP contribution in [0.15, 0.2) is 17.1 Å². The number of amidine groups is 1. The number of hydrogen-bond donors (Lipinski definition) is 2. The molecule has 0 aliphatic carbocycles. The smallest absolute Gasteiger partial charge is 0.123 e. The summed E-state index contributed by atoms with van der Waals surface area (Å²) >= 11 is 5.42. The predicted molar refractivity (Wildman–Crippen MR) is 40.3 cm³/mol. The minimum Gasteiger partial charge on any atom is -0.384 e. The zero-order chi connectivity index (χ0) is 7.28. The fourth-order valence-electron chi connectivity index (χ4n) is 0.233. The first-order chi connectivity index (χ1) is 4.16. The summed E-state index contributed by atoms with van der Waals surface area (Å²) in [5.41, 5.74) is 4.98. The molecule has 50 valence electrons. The van der Waals surface area contributed by atoms with Crippen molar-refractivity contribution in [2.24, 2.45) is 10.7 Å². The Hall–Kier alpha value is -0.830. The average Bonchev–Trinajstić information content (AvgIpc) is 1.83. The van der Waals surface area contributed by atoms with E-state index in [1.165, 1.54) is 12.2 Å². The van der Waals surface area contributed by atoms with Crippen LogP contribution in [0.3, 0.4) is 0 Å². The topological polar surface area (TPSA) is 62.2 Å². The van der Waals surface area contributed by atoms with Crippen molar-refractivity contribution in [2.75, 3.05) is 7.05 Å². The maximum absolute atomic E-state index is 6.74. The third-order valence-corrected chi connectivity index (χ3v) is 0.909. The van der Waals surface area contributed by atoms with Crippen LogP contribution >= 0.6 is 11.6 Å². The summed E-state index contributed by atoms with van der Waals surface area (Å²) in [6.07, 6.45) is 2.83. The van der Waals surface area contributed by atoms with Gasteiger partial charge in [0.05, 0.1) is 0 Å². The van der Waals surface area contributed by atoms with E-state index in [1.807, 2.05) is 0 Å². The van der Waals surface area contributed by atoms with E-state index < -0.39 is 0 Å². The van der Waals surface area contributed by atoms with E-state index in [0.717, 1.165) is 0 Å². The molecule has 0 bridgehead atoms. The molecule has 0 rings (SSSR count). The number of halogens is 1. The van der Waals surface area contributed by atoms with Crippen LogP contribution in [0.5, 0.6) is 0 Å². The summed E-state index contributed by atoms with van der Waals surface area (Å²) in [6, 6.07) is 0. The quantitative estimate of drug-likeness (QED) is 0.437. The molecular formula is C5H8ClN3. The Kier molecular flexibility index (Phi) is 3.71. The van der Waals surface area contributed by atoms with Gasteiger partial charge in [-0.2, -0.15) is 0 Å². The number of nitrogens with two attached hydrogens (primary N) is 1. The monoisotopic (exact) mass is 145 g/mol. The lowest BCUT2D eigenvalue weighted by atomic mass is 10.5. The van der Waals surface area contributed by atoms with Crippen LogP contribution in [0, 0.1) is 5.41 Å². The first-order valence-corrected chi connectivity index (χ1v) is 2.69. The molecule has 0 aromatic carbocycles. The van der Waals surface area contributed by atoms with Crippen LogP contribution in [0.1, 0.15) is 0 Å². The first kappa shape index (κ1) is 8.17. The van der Waals surface area contributed by atoms with E-state index in [0.29, 0.717) is 5.17 Å². The van der Waals surface area contributed by atoms with Crippen molar-refractivity contribution < 1.29 is 0 Å². The second-order valence-electron chi connectivity index (χ2n) is 1.34. The van der Waals surface area contributed by atoms with Gasteiger partial charge in [-0.15, -0.1) is 0 Å². The fourth-order valence-corrected chi connectivity index (χ4v) is 0.296. The molecule has 4 heteroatoms. The van der Waals surface area contributed by atoms with Gasteiger partial charge in [-0.25, -0.2) is 0 Å². The molecule has 0 fully saturated rings. The molecular weight excluding hydrogens is 138 g/mol. The molecule has 0 radical (unpaired) electrons.